The minimum Gasteiger partial charge on any atom is -0.484 e. The molecule has 0 spiro atoms. The Bertz CT molecular complexity index is 1130. The van der Waals surface area contributed by atoms with Crippen LogP contribution >= 0.6 is 0 Å². The first-order valence-corrected chi connectivity index (χ1v) is 12.9. The van der Waals surface area contributed by atoms with Gasteiger partial charge in [-0.25, -0.2) is 0 Å². The van der Waals surface area contributed by atoms with Gasteiger partial charge in [0.05, 0.1) is 6.04 Å². The van der Waals surface area contributed by atoms with Gasteiger partial charge >= 0.3 is 0 Å². The molecule has 0 bridgehead atoms. The largest absolute Gasteiger partial charge is 0.484 e. The summed E-state index contributed by atoms with van der Waals surface area (Å²) in [5.41, 5.74) is 2.86. The smallest absolute Gasteiger partial charge is 0.260 e. The van der Waals surface area contributed by atoms with E-state index >= 15 is 0 Å². The zero-order valence-electron chi connectivity index (χ0n) is 22.3. The minimum atomic E-state index is -0.456. The lowest BCUT2D eigenvalue weighted by molar-refractivity contribution is -0.135. The number of anilines is 1. The van der Waals surface area contributed by atoms with Crippen molar-refractivity contribution in [3.63, 3.8) is 0 Å². The van der Waals surface area contributed by atoms with E-state index in [4.69, 9.17) is 4.74 Å². The molecule has 3 aromatic rings. The predicted octanol–water partition coefficient (Wildman–Crippen LogP) is 5.01. The van der Waals surface area contributed by atoms with Crippen molar-refractivity contribution in [3.05, 3.63) is 96.1 Å². The molecular formula is C31H37N3O3. The molecule has 1 fully saturated rings. The second-order valence-electron chi connectivity index (χ2n) is 10.5. The molecule has 0 atom stereocenters. The van der Waals surface area contributed by atoms with Crippen molar-refractivity contribution in [3.8, 4) is 5.75 Å². The van der Waals surface area contributed by atoms with Gasteiger partial charge in [-0.1, -0.05) is 81.4 Å². The molecule has 0 aliphatic carbocycles. The van der Waals surface area contributed by atoms with Crippen molar-refractivity contribution in [2.75, 3.05) is 44.7 Å². The van der Waals surface area contributed by atoms with E-state index in [9.17, 15) is 9.59 Å². The molecule has 0 N–H and O–H groups in total. The predicted molar refractivity (Wildman–Crippen MR) is 148 cm³/mol. The van der Waals surface area contributed by atoms with Crippen LogP contribution in [0.15, 0.2) is 84.9 Å². The topological polar surface area (TPSA) is 53.1 Å². The molecule has 1 aliphatic rings. The Morgan fingerprint density at radius 2 is 1.32 bits per heavy atom. The van der Waals surface area contributed by atoms with Crippen molar-refractivity contribution in [1.29, 1.82) is 0 Å². The third-order valence-corrected chi connectivity index (χ3v) is 6.80. The Hall–Kier alpha value is -3.64. The maximum atomic E-state index is 12.9. The number of piperazine rings is 1. The summed E-state index contributed by atoms with van der Waals surface area (Å²) in [5.74, 6) is 0.637. The van der Waals surface area contributed by atoms with Crippen molar-refractivity contribution >= 4 is 17.5 Å². The van der Waals surface area contributed by atoms with Crippen LogP contribution < -0.4 is 9.64 Å². The van der Waals surface area contributed by atoms with E-state index in [2.05, 4.69) is 53.4 Å². The highest BCUT2D eigenvalue weighted by Gasteiger charge is 2.28. The van der Waals surface area contributed by atoms with Crippen LogP contribution in [-0.2, 0) is 9.59 Å². The first-order chi connectivity index (χ1) is 17.7. The molecular weight excluding hydrogens is 462 g/mol. The number of carbonyl (C=O) groups is 2. The Morgan fingerprint density at radius 1 is 0.811 bits per heavy atom. The molecule has 0 unspecified atom stereocenters. The van der Waals surface area contributed by atoms with Crippen LogP contribution in [0.3, 0.4) is 0 Å². The Morgan fingerprint density at radius 3 is 1.81 bits per heavy atom. The molecule has 4 rings (SSSR count). The van der Waals surface area contributed by atoms with Crippen LogP contribution in [0.4, 0.5) is 5.69 Å². The molecule has 2 amide bonds. The van der Waals surface area contributed by atoms with Gasteiger partial charge < -0.3 is 14.5 Å². The summed E-state index contributed by atoms with van der Waals surface area (Å²) in [6.07, 6.45) is 0. The second kappa shape index (κ2) is 11.6. The Labute approximate surface area is 220 Å². The van der Waals surface area contributed by atoms with E-state index < -0.39 is 5.41 Å². The summed E-state index contributed by atoms with van der Waals surface area (Å²) < 4.78 is 5.79. The number of ether oxygens (including phenoxy) is 1. The molecule has 3 aromatic carbocycles. The van der Waals surface area contributed by atoms with Gasteiger partial charge in [-0.15, -0.1) is 0 Å². The van der Waals surface area contributed by atoms with Gasteiger partial charge in [0.1, 0.15) is 5.75 Å². The van der Waals surface area contributed by atoms with Gasteiger partial charge in [0.2, 0.25) is 5.91 Å². The summed E-state index contributed by atoms with van der Waals surface area (Å²) in [5, 5.41) is 0. The minimum absolute atomic E-state index is 0.00307. The van der Waals surface area contributed by atoms with Crippen molar-refractivity contribution < 1.29 is 14.3 Å². The number of hydrogen-bond donors (Lipinski definition) is 0. The average molecular weight is 500 g/mol. The third kappa shape index (κ3) is 6.57. The Kier molecular flexibility index (Phi) is 8.29. The highest BCUT2D eigenvalue weighted by molar-refractivity contribution is 5.96. The van der Waals surface area contributed by atoms with Crippen LogP contribution in [0, 0.1) is 5.41 Å². The third-order valence-electron chi connectivity index (χ3n) is 6.80. The molecule has 0 aromatic heterocycles. The lowest BCUT2D eigenvalue weighted by Gasteiger charge is -2.39. The quantitative estimate of drug-likeness (QED) is 0.459. The van der Waals surface area contributed by atoms with Gasteiger partial charge in [-0.2, -0.15) is 0 Å². The van der Waals surface area contributed by atoms with Crippen molar-refractivity contribution in [1.82, 2.24) is 9.80 Å². The van der Waals surface area contributed by atoms with Gasteiger partial charge in [0, 0.05) is 44.3 Å². The summed E-state index contributed by atoms with van der Waals surface area (Å²) in [4.78, 5) is 31.4. The maximum absolute atomic E-state index is 12.9. The van der Waals surface area contributed by atoms with Gasteiger partial charge in [0.25, 0.3) is 5.91 Å². The SMILES string of the molecule is CN(C(=O)C(C)(C)C)c1ccc(OCC(=O)N2CCN(C(c3ccccc3)c3ccccc3)CC2)cc1. The second-order valence-corrected chi connectivity index (χ2v) is 10.5. The first-order valence-electron chi connectivity index (χ1n) is 12.9. The standard InChI is InChI=1S/C31H37N3O3/c1-31(2,3)30(36)32(4)26-15-17-27(18-16-26)37-23-28(35)33-19-21-34(22-20-33)29(24-11-7-5-8-12-24)25-13-9-6-10-14-25/h5-18,29H,19-23H2,1-4H3. The summed E-state index contributed by atoms with van der Waals surface area (Å²) in [6.45, 7) is 8.62. The van der Waals surface area contributed by atoms with Crippen LogP contribution in [0.25, 0.3) is 0 Å². The van der Waals surface area contributed by atoms with Gasteiger partial charge in [0.15, 0.2) is 6.61 Å². The summed E-state index contributed by atoms with van der Waals surface area (Å²) in [7, 11) is 1.77. The van der Waals surface area contributed by atoms with Crippen LogP contribution in [0.5, 0.6) is 5.75 Å². The number of benzene rings is 3. The maximum Gasteiger partial charge on any atom is 0.260 e. The first kappa shape index (κ1) is 26.4. The zero-order chi connectivity index (χ0) is 26.4. The van der Waals surface area contributed by atoms with Gasteiger partial charge in [-0.05, 0) is 35.4 Å². The van der Waals surface area contributed by atoms with Crippen LogP contribution in [0.2, 0.25) is 0 Å². The van der Waals surface area contributed by atoms with E-state index in [-0.39, 0.29) is 24.5 Å². The molecule has 194 valence electrons. The molecule has 0 saturated carbocycles. The number of amides is 2. The lowest BCUT2D eigenvalue weighted by Crippen LogP contribution is -2.51. The molecule has 1 aliphatic heterocycles. The molecule has 37 heavy (non-hydrogen) atoms. The van der Waals surface area contributed by atoms with Gasteiger partial charge in [-0.3, -0.25) is 14.5 Å². The summed E-state index contributed by atoms with van der Waals surface area (Å²) >= 11 is 0. The number of rotatable bonds is 7. The number of nitrogens with zero attached hydrogens (tertiary/aromatic N) is 3. The van der Waals surface area contributed by atoms with Crippen molar-refractivity contribution in [2.24, 2.45) is 5.41 Å². The van der Waals surface area contributed by atoms with E-state index in [1.807, 2.05) is 49.9 Å². The molecule has 6 nitrogen and oxygen atoms in total. The number of carbonyl (C=O) groups excluding carboxylic acids is 2. The van der Waals surface area contributed by atoms with Crippen molar-refractivity contribution in [2.45, 2.75) is 26.8 Å². The lowest BCUT2D eigenvalue weighted by atomic mass is 9.95. The molecule has 1 saturated heterocycles. The number of hydrogen-bond acceptors (Lipinski definition) is 4. The molecule has 0 radical (unpaired) electrons. The monoisotopic (exact) mass is 499 g/mol. The molecule has 6 heteroatoms. The van der Waals surface area contributed by atoms with Crippen LogP contribution in [0.1, 0.15) is 37.9 Å². The zero-order valence-corrected chi connectivity index (χ0v) is 22.3. The normalized spacial score (nSPS) is 14.5. The van der Waals surface area contributed by atoms with E-state index in [1.54, 1.807) is 24.1 Å². The summed E-state index contributed by atoms with van der Waals surface area (Å²) in [6, 6.07) is 28.5. The van der Waals surface area contributed by atoms with E-state index in [0.717, 1.165) is 18.8 Å². The van der Waals surface area contributed by atoms with Crippen LogP contribution in [-0.4, -0.2) is 61.4 Å². The Balaban J connectivity index is 1.32. The van der Waals surface area contributed by atoms with E-state index in [1.165, 1.54) is 11.1 Å². The fraction of sp³-hybridized carbons (Fsp3) is 0.355. The average Bonchev–Trinajstić information content (AvgIpc) is 2.92. The fourth-order valence-electron chi connectivity index (χ4n) is 4.74. The molecule has 1 heterocycles. The van der Waals surface area contributed by atoms with E-state index in [0.29, 0.717) is 18.8 Å². The highest BCUT2D eigenvalue weighted by atomic mass is 16.5. The fourth-order valence-corrected chi connectivity index (χ4v) is 4.74. The highest BCUT2D eigenvalue weighted by Crippen LogP contribution is 2.29.